The van der Waals surface area contributed by atoms with Crippen molar-refractivity contribution < 1.29 is 23.1 Å². The van der Waals surface area contributed by atoms with Crippen molar-refractivity contribution in [2.75, 3.05) is 5.75 Å². The van der Waals surface area contributed by atoms with Gasteiger partial charge in [-0.05, 0) is 56.4 Å². The molecule has 2 atom stereocenters. The van der Waals surface area contributed by atoms with Crippen molar-refractivity contribution in [3.05, 3.63) is 95.3 Å². The van der Waals surface area contributed by atoms with Crippen LogP contribution in [0.25, 0.3) is 0 Å². The first-order chi connectivity index (χ1) is 16.7. The molecule has 0 aromatic heterocycles. The Balaban J connectivity index is 2.03. The quantitative estimate of drug-likeness (QED) is 0.262. The maximum Gasteiger partial charge on any atom is 0.302 e. The van der Waals surface area contributed by atoms with E-state index in [0.717, 1.165) is 16.7 Å². The second kappa shape index (κ2) is 12.4. The summed E-state index contributed by atoms with van der Waals surface area (Å²) in [6, 6.07) is 8.45. The number of benzene rings is 1. The normalized spacial score (nSPS) is 23.1. The molecular weight excluding hydrogens is 472 g/mol. The lowest BCUT2D eigenvalue weighted by molar-refractivity contribution is -0.152. The fourth-order valence-electron chi connectivity index (χ4n) is 4.54. The largest absolute Gasteiger partial charge is 0.462 e. The summed E-state index contributed by atoms with van der Waals surface area (Å²) in [5.74, 6) is -0.359. The van der Waals surface area contributed by atoms with Gasteiger partial charge in [0.25, 0.3) is 0 Å². The molecule has 0 heterocycles. The van der Waals surface area contributed by atoms with E-state index in [2.05, 4.69) is 5.73 Å². The standard InChI is InChI=1S/C30H38O5S/c1-23(18-19-28-29(4,5)20-26(35-25(3)31)21-30(28,6)32)14-10-7-8-11-15-24(2)22-36(33,34)27-16-12-9-13-17-27/h7-18,26,32H,20-22H2,1-6H3/b10-7+,11-8+,23-14+,24-15+/t19?,26-,30+/m0/s1. The smallest absolute Gasteiger partial charge is 0.302 e. The van der Waals surface area contributed by atoms with Crippen LogP contribution in [0.5, 0.6) is 0 Å². The molecule has 0 radical (unpaired) electrons. The highest BCUT2D eigenvalue weighted by Gasteiger charge is 2.46. The molecular formula is C30H38O5S. The van der Waals surface area contributed by atoms with Gasteiger partial charge in [0.1, 0.15) is 6.10 Å². The van der Waals surface area contributed by atoms with Crippen molar-refractivity contribution in [2.45, 2.75) is 71.0 Å². The molecule has 1 N–H and O–H groups in total. The van der Waals surface area contributed by atoms with E-state index in [-0.39, 0.29) is 23.2 Å². The van der Waals surface area contributed by atoms with Crippen molar-refractivity contribution in [1.29, 1.82) is 0 Å². The lowest BCUT2D eigenvalue weighted by Gasteiger charge is -2.44. The Morgan fingerprint density at radius 3 is 2.22 bits per heavy atom. The van der Waals surface area contributed by atoms with Crippen LogP contribution < -0.4 is 0 Å². The third-order valence-corrected chi connectivity index (χ3v) is 7.77. The second-order valence-corrected chi connectivity index (χ2v) is 12.2. The van der Waals surface area contributed by atoms with Gasteiger partial charge in [0.05, 0.1) is 16.2 Å². The van der Waals surface area contributed by atoms with Crippen LogP contribution in [0.15, 0.2) is 100 Å². The molecule has 0 amide bonds. The Labute approximate surface area is 216 Å². The van der Waals surface area contributed by atoms with Crippen LogP contribution in [-0.4, -0.2) is 37.0 Å². The van der Waals surface area contributed by atoms with Gasteiger partial charge in [-0.2, -0.15) is 0 Å². The number of rotatable bonds is 8. The van der Waals surface area contributed by atoms with Crippen molar-refractivity contribution in [3.63, 3.8) is 0 Å². The molecule has 1 aromatic carbocycles. The third kappa shape index (κ3) is 8.94. The maximum atomic E-state index is 12.4. The molecule has 1 aromatic rings. The molecule has 5 nitrogen and oxygen atoms in total. The number of carbonyl (C=O) groups is 1. The fourth-order valence-corrected chi connectivity index (χ4v) is 5.97. The van der Waals surface area contributed by atoms with Gasteiger partial charge in [-0.15, -0.1) is 5.73 Å². The van der Waals surface area contributed by atoms with E-state index in [9.17, 15) is 18.3 Å². The highest BCUT2D eigenvalue weighted by Crippen LogP contribution is 2.46. The van der Waals surface area contributed by atoms with E-state index in [4.69, 9.17) is 4.74 Å². The Morgan fingerprint density at radius 2 is 1.64 bits per heavy atom. The first-order valence-corrected chi connectivity index (χ1v) is 13.7. The number of aliphatic hydroxyl groups is 1. The van der Waals surface area contributed by atoms with E-state index >= 15 is 0 Å². The molecule has 0 saturated heterocycles. The van der Waals surface area contributed by atoms with Crippen molar-refractivity contribution in [2.24, 2.45) is 5.41 Å². The summed E-state index contributed by atoms with van der Waals surface area (Å²) in [5, 5.41) is 11.0. The lowest BCUT2D eigenvalue weighted by atomic mass is 9.65. The van der Waals surface area contributed by atoms with E-state index in [1.165, 1.54) is 6.92 Å². The van der Waals surface area contributed by atoms with Gasteiger partial charge in [0.15, 0.2) is 9.84 Å². The summed E-state index contributed by atoms with van der Waals surface area (Å²) in [6.07, 6.45) is 13.6. The minimum atomic E-state index is -3.34. The van der Waals surface area contributed by atoms with Gasteiger partial charge in [-0.25, -0.2) is 8.42 Å². The van der Waals surface area contributed by atoms with Crippen molar-refractivity contribution >= 4 is 15.8 Å². The topological polar surface area (TPSA) is 80.7 Å². The number of esters is 1. The summed E-state index contributed by atoms with van der Waals surface area (Å²) in [4.78, 5) is 11.7. The fraction of sp³-hybridized carbons (Fsp3) is 0.400. The predicted molar refractivity (Wildman–Crippen MR) is 145 cm³/mol. The molecule has 0 aliphatic heterocycles. The van der Waals surface area contributed by atoms with Crippen LogP contribution in [0, 0.1) is 5.41 Å². The molecule has 2 rings (SSSR count). The van der Waals surface area contributed by atoms with Crippen LogP contribution >= 0.6 is 0 Å². The molecule has 1 aliphatic rings. The minimum absolute atomic E-state index is 0.0225. The predicted octanol–water partition coefficient (Wildman–Crippen LogP) is 6.05. The molecule has 1 aliphatic carbocycles. The first kappa shape index (κ1) is 29.3. The van der Waals surface area contributed by atoms with E-state index in [0.29, 0.717) is 17.7 Å². The molecule has 0 spiro atoms. The van der Waals surface area contributed by atoms with E-state index < -0.39 is 15.4 Å². The number of allylic oxidation sites excluding steroid dienone is 7. The van der Waals surface area contributed by atoms with Crippen LogP contribution in [0.3, 0.4) is 0 Å². The van der Waals surface area contributed by atoms with Gasteiger partial charge < -0.3 is 9.84 Å². The van der Waals surface area contributed by atoms with Crippen molar-refractivity contribution in [1.82, 2.24) is 0 Å². The van der Waals surface area contributed by atoms with Crippen LogP contribution in [0.4, 0.5) is 0 Å². The number of hydrogen-bond acceptors (Lipinski definition) is 5. The molecule has 1 fully saturated rings. The van der Waals surface area contributed by atoms with Gasteiger partial charge in [0.2, 0.25) is 0 Å². The molecule has 0 bridgehead atoms. The van der Waals surface area contributed by atoms with Gasteiger partial charge >= 0.3 is 5.97 Å². The Hall–Kier alpha value is -2.92. The third-order valence-electron chi connectivity index (χ3n) is 5.95. The molecule has 0 unspecified atom stereocenters. The number of hydrogen-bond donors (Lipinski definition) is 1. The van der Waals surface area contributed by atoms with E-state index in [1.807, 2.05) is 57.2 Å². The van der Waals surface area contributed by atoms with Crippen LogP contribution in [0.1, 0.15) is 54.4 Å². The Morgan fingerprint density at radius 1 is 1.03 bits per heavy atom. The second-order valence-electron chi connectivity index (χ2n) is 10.2. The van der Waals surface area contributed by atoms with Crippen LogP contribution in [0.2, 0.25) is 0 Å². The average molecular weight is 511 g/mol. The highest BCUT2D eigenvalue weighted by atomic mass is 32.2. The van der Waals surface area contributed by atoms with Gasteiger partial charge in [0, 0.05) is 18.9 Å². The molecule has 6 heteroatoms. The summed E-state index contributed by atoms with van der Waals surface area (Å²) in [5.41, 5.74) is 4.32. The minimum Gasteiger partial charge on any atom is -0.462 e. The summed E-state index contributed by atoms with van der Waals surface area (Å²) < 4.78 is 30.2. The monoisotopic (exact) mass is 510 g/mol. The van der Waals surface area contributed by atoms with Crippen LogP contribution in [-0.2, 0) is 19.4 Å². The first-order valence-electron chi connectivity index (χ1n) is 12.1. The number of sulfone groups is 1. The lowest BCUT2D eigenvalue weighted by Crippen LogP contribution is -2.46. The number of carbonyl (C=O) groups excluding carboxylic acids is 1. The molecule has 194 valence electrons. The van der Waals surface area contributed by atoms with Gasteiger partial charge in [-0.1, -0.05) is 74.1 Å². The summed E-state index contributed by atoms with van der Waals surface area (Å²) in [6.45, 7) is 10.9. The zero-order chi connectivity index (χ0) is 27.0. The van der Waals surface area contributed by atoms with Crippen molar-refractivity contribution in [3.8, 4) is 0 Å². The SMILES string of the molecule is CC(=O)O[C@H]1CC(C)(C)C(=C=C/C(C)=C/C=C/C=C/C=C(\C)CS(=O)(=O)c2ccccc2)[C@](C)(O)C1. The highest BCUT2D eigenvalue weighted by molar-refractivity contribution is 7.91. The molecule has 1 saturated carbocycles. The Bertz CT molecular complexity index is 1200. The van der Waals surface area contributed by atoms with Gasteiger partial charge in [-0.3, -0.25) is 4.79 Å². The summed E-state index contributed by atoms with van der Waals surface area (Å²) in [7, 11) is -3.34. The number of ether oxygens (including phenoxy) is 1. The maximum absolute atomic E-state index is 12.4. The molecule has 36 heavy (non-hydrogen) atoms. The zero-order valence-corrected chi connectivity index (χ0v) is 22.9. The van der Waals surface area contributed by atoms with E-state index in [1.54, 1.807) is 50.3 Å². The average Bonchev–Trinajstić information content (AvgIpc) is 2.74. The summed E-state index contributed by atoms with van der Waals surface area (Å²) >= 11 is 0. The zero-order valence-electron chi connectivity index (χ0n) is 22.1. The Kier molecular flexibility index (Phi) is 10.1.